The van der Waals surface area contributed by atoms with Gasteiger partial charge in [-0.25, -0.2) is 4.98 Å². The molecule has 0 atom stereocenters. The van der Waals surface area contributed by atoms with Crippen LogP contribution in [-0.4, -0.2) is 20.9 Å². The fraction of sp³-hybridized carbons (Fsp3) is 0.0909. The van der Waals surface area contributed by atoms with Gasteiger partial charge in [0.2, 0.25) is 0 Å². The van der Waals surface area contributed by atoms with Gasteiger partial charge in [0.05, 0.1) is 12.4 Å². The maximum Gasteiger partial charge on any atom is 0.268 e. The molecule has 0 bridgehead atoms. The molecule has 3 N–H and O–H groups in total. The second-order valence-corrected chi connectivity index (χ2v) is 3.37. The van der Waals surface area contributed by atoms with Gasteiger partial charge in [0, 0.05) is 18.9 Å². The second-order valence-electron chi connectivity index (χ2n) is 3.37. The van der Waals surface area contributed by atoms with E-state index in [1.807, 2.05) is 12.1 Å². The highest BCUT2D eigenvalue weighted by molar-refractivity contribution is 5.90. The number of carbonyl (C=O) groups is 1. The Morgan fingerprint density at radius 1 is 1.29 bits per heavy atom. The zero-order chi connectivity index (χ0) is 12.1. The van der Waals surface area contributed by atoms with Gasteiger partial charge in [0.25, 0.3) is 5.91 Å². The summed E-state index contributed by atoms with van der Waals surface area (Å²) >= 11 is 0. The first kappa shape index (κ1) is 11.0. The van der Waals surface area contributed by atoms with E-state index in [0.29, 0.717) is 12.4 Å². The summed E-state index contributed by atoms with van der Waals surface area (Å²) in [5, 5.41) is 3.03. The van der Waals surface area contributed by atoms with E-state index in [1.54, 1.807) is 12.4 Å². The number of rotatable bonds is 4. The highest BCUT2D eigenvalue weighted by Gasteiger charge is 2.03. The number of hydrogen-bond donors (Lipinski definition) is 2. The van der Waals surface area contributed by atoms with Crippen LogP contribution in [0.5, 0.6) is 0 Å². The average molecular weight is 229 g/mol. The van der Waals surface area contributed by atoms with Gasteiger partial charge in [-0.05, 0) is 11.6 Å². The number of pyridine rings is 1. The van der Waals surface area contributed by atoms with Gasteiger partial charge in [0.15, 0.2) is 0 Å². The molecule has 6 nitrogen and oxygen atoms in total. The zero-order valence-corrected chi connectivity index (χ0v) is 9.00. The molecule has 0 saturated heterocycles. The molecule has 0 radical (unpaired) electrons. The molecule has 17 heavy (non-hydrogen) atoms. The molecule has 0 aliphatic rings. The summed E-state index contributed by atoms with van der Waals surface area (Å²) in [6.45, 7) is 0.560. The molecule has 0 spiro atoms. The number of anilines is 1. The molecule has 0 aromatic carbocycles. The first-order valence-electron chi connectivity index (χ1n) is 5.00. The quantitative estimate of drug-likeness (QED) is 0.799. The molecule has 6 heteroatoms. The lowest BCUT2D eigenvalue weighted by atomic mass is 10.3. The molecule has 0 unspecified atom stereocenters. The van der Waals surface area contributed by atoms with Crippen molar-refractivity contribution in [2.24, 2.45) is 5.73 Å². The van der Waals surface area contributed by atoms with E-state index in [-0.39, 0.29) is 5.69 Å². The van der Waals surface area contributed by atoms with Crippen LogP contribution in [-0.2, 0) is 6.54 Å². The van der Waals surface area contributed by atoms with Crippen LogP contribution in [0, 0.1) is 0 Å². The molecule has 2 rings (SSSR count). The van der Waals surface area contributed by atoms with E-state index >= 15 is 0 Å². The Morgan fingerprint density at radius 2 is 2.18 bits per heavy atom. The van der Waals surface area contributed by atoms with E-state index < -0.39 is 5.91 Å². The molecule has 2 aromatic heterocycles. The predicted molar refractivity (Wildman–Crippen MR) is 62.1 cm³/mol. The standard InChI is InChI=1S/C11H11N5O/c12-11(17)9-6-14-7-10(16-9)15-5-8-2-1-3-13-4-8/h1-4,6-7H,5H2,(H2,12,17)(H,15,16). The summed E-state index contributed by atoms with van der Waals surface area (Å²) in [5.41, 5.74) is 6.26. The summed E-state index contributed by atoms with van der Waals surface area (Å²) in [5.74, 6) is -0.0901. The molecule has 86 valence electrons. The summed E-state index contributed by atoms with van der Waals surface area (Å²) in [6.07, 6.45) is 6.32. The Bertz CT molecular complexity index is 514. The fourth-order valence-electron chi connectivity index (χ4n) is 1.27. The number of aromatic nitrogens is 3. The van der Waals surface area contributed by atoms with Crippen molar-refractivity contribution >= 4 is 11.7 Å². The van der Waals surface area contributed by atoms with Crippen LogP contribution in [0.1, 0.15) is 16.1 Å². The monoisotopic (exact) mass is 229 g/mol. The molecule has 1 amide bonds. The molecule has 0 saturated carbocycles. The van der Waals surface area contributed by atoms with Crippen LogP contribution in [0.25, 0.3) is 0 Å². The van der Waals surface area contributed by atoms with E-state index in [2.05, 4.69) is 20.3 Å². The van der Waals surface area contributed by atoms with Crippen LogP contribution in [0.15, 0.2) is 36.9 Å². The van der Waals surface area contributed by atoms with Gasteiger partial charge in [-0.15, -0.1) is 0 Å². The van der Waals surface area contributed by atoms with Gasteiger partial charge in [-0.3, -0.25) is 14.8 Å². The number of amides is 1. The third-order valence-electron chi connectivity index (χ3n) is 2.08. The summed E-state index contributed by atoms with van der Waals surface area (Å²) in [7, 11) is 0. The number of primary amides is 1. The smallest absolute Gasteiger partial charge is 0.268 e. The van der Waals surface area contributed by atoms with Crippen LogP contribution in [0.4, 0.5) is 5.82 Å². The Hall–Kier alpha value is -2.50. The number of nitrogens with zero attached hydrogens (tertiary/aromatic N) is 3. The Labute approximate surface area is 97.9 Å². The third-order valence-corrected chi connectivity index (χ3v) is 2.08. The number of carbonyl (C=O) groups excluding carboxylic acids is 1. The van der Waals surface area contributed by atoms with E-state index in [0.717, 1.165) is 5.56 Å². The lowest BCUT2D eigenvalue weighted by Gasteiger charge is -2.05. The lowest BCUT2D eigenvalue weighted by molar-refractivity contribution is 0.0995. The van der Waals surface area contributed by atoms with E-state index in [1.165, 1.54) is 12.4 Å². The lowest BCUT2D eigenvalue weighted by Crippen LogP contribution is -2.14. The Kier molecular flexibility index (Phi) is 3.25. The number of nitrogens with one attached hydrogen (secondary N) is 1. The van der Waals surface area contributed by atoms with Gasteiger partial charge >= 0.3 is 0 Å². The highest BCUT2D eigenvalue weighted by Crippen LogP contribution is 2.04. The van der Waals surface area contributed by atoms with Gasteiger partial charge in [-0.1, -0.05) is 6.07 Å². The van der Waals surface area contributed by atoms with Crippen molar-refractivity contribution in [2.75, 3.05) is 5.32 Å². The normalized spacial score (nSPS) is 9.88. The van der Waals surface area contributed by atoms with Crippen molar-refractivity contribution in [2.45, 2.75) is 6.54 Å². The molecule has 0 fully saturated rings. The Balaban J connectivity index is 2.04. The van der Waals surface area contributed by atoms with Crippen LogP contribution in [0.2, 0.25) is 0 Å². The minimum Gasteiger partial charge on any atom is -0.365 e. The maximum atomic E-state index is 10.9. The first-order valence-corrected chi connectivity index (χ1v) is 5.00. The average Bonchev–Trinajstić information content (AvgIpc) is 2.38. The van der Waals surface area contributed by atoms with Crippen LogP contribution >= 0.6 is 0 Å². The van der Waals surface area contributed by atoms with Gasteiger partial charge in [-0.2, -0.15) is 0 Å². The first-order chi connectivity index (χ1) is 8.25. The molecular formula is C11H11N5O. The summed E-state index contributed by atoms with van der Waals surface area (Å²) in [4.78, 5) is 22.8. The van der Waals surface area contributed by atoms with Crippen molar-refractivity contribution in [3.8, 4) is 0 Å². The van der Waals surface area contributed by atoms with Gasteiger partial charge in [0.1, 0.15) is 11.5 Å². The molecule has 0 aliphatic carbocycles. The van der Waals surface area contributed by atoms with Crippen molar-refractivity contribution in [3.05, 3.63) is 48.2 Å². The van der Waals surface area contributed by atoms with Crippen molar-refractivity contribution in [1.29, 1.82) is 0 Å². The number of hydrogen-bond acceptors (Lipinski definition) is 5. The second kappa shape index (κ2) is 5.02. The molecule has 0 aliphatic heterocycles. The minimum absolute atomic E-state index is 0.140. The van der Waals surface area contributed by atoms with Crippen molar-refractivity contribution in [3.63, 3.8) is 0 Å². The molecule has 2 heterocycles. The SMILES string of the molecule is NC(=O)c1cncc(NCc2cccnc2)n1. The van der Waals surface area contributed by atoms with E-state index in [4.69, 9.17) is 5.73 Å². The molecular weight excluding hydrogens is 218 g/mol. The van der Waals surface area contributed by atoms with Crippen molar-refractivity contribution in [1.82, 2.24) is 15.0 Å². The maximum absolute atomic E-state index is 10.9. The Morgan fingerprint density at radius 3 is 2.88 bits per heavy atom. The molecule has 2 aromatic rings. The summed E-state index contributed by atoms with van der Waals surface area (Å²) < 4.78 is 0. The van der Waals surface area contributed by atoms with Gasteiger partial charge < -0.3 is 11.1 Å². The largest absolute Gasteiger partial charge is 0.365 e. The van der Waals surface area contributed by atoms with Crippen LogP contribution < -0.4 is 11.1 Å². The highest BCUT2D eigenvalue weighted by atomic mass is 16.1. The van der Waals surface area contributed by atoms with Crippen LogP contribution in [0.3, 0.4) is 0 Å². The third kappa shape index (κ3) is 2.97. The summed E-state index contributed by atoms with van der Waals surface area (Å²) in [6, 6.07) is 3.79. The minimum atomic E-state index is -0.595. The predicted octanol–water partition coefficient (Wildman–Crippen LogP) is 0.583. The fourth-order valence-corrected chi connectivity index (χ4v) is 1.27. The topological polar surface area (TPSA) is 93.8 Å². The van der Waals surface area contributed by atoms with E-state index in [9.17, 15) is 4.79 Å². The zero-order valence-electron chi connectivity index (χ0n) is 9.00. The number of nitrogens with two attached hydrogens (primary N) is 1. The van der Waals surface area contributed by atoms with Crippen molar-refractivity contribution < 1.29 is 4.79 Å².